The van der Waals surface area contributed by atoms with Crippen molar-refractivity contribution in [3.05, 3.63) is 88.9 Å². The molecule has 7 nitrogen and oxygen atoms in total. The molecule has 0 aromatic heterocycles. The van der Waals surface area contributed by atoms with Gasteiger partial charge in [-0.25, -0.2) is 5.43 Å². The molecule has 0 radical (unpaired) electrons. The number of hydrogen-bond acceptors (Lipinski definition) is 5. The molecular weight excluding hydrogens is 466 g/mol. The summed E-state index contributed by atoms with van der Waals surface area (Å²) in [4.78, 5) is 26.6. The number of hydrogen-bond donors (Lipinski definition) is 1. The summed E-state index contributed by atoms with van der Waals surface area (Å²) >= 11 is 6.15. The zero-order chi connectivity index (χ0) is 24.6. The van der Waals surface area contributed by atoms with E-state index >= 15 is 0 Å². The van der Waals surface area contributed by atoms with Crippen molar-refractivity contribution in [1.82, 2.24) is 5.43 Å². The van der Waals surface area contributed by atoms with Crippen molar-refractivity contribution in [1.29, 1.82) is 0 Å². The number of nitrogens with zero attached hydrogens (tertiary/aromatic N) is 2. The SMILES string of the molecule is CCOc1ccc(N2C[C@H](C(=O)N/N=C\c3ccc(OCc4ccccc4Cl)cc3)CC2=O)cc1. The summed E-state index contributed by atoms with van der Waals surface area (Å²) in [6, 6.07) is 22.1. The number of carbonyl (C=O) groups is 2. The molecule has 3 aromatic carbocycles. The lowest BCUT2D eigenvalue weighted by molar-refractivity contribution is -0.126. The van der Waals surface area contributed by atoms with Crippen LogP contribution in [0.1, 0.15) is 24.5 Å². The van der Waals surface area contributed by atoms with E-state index in [9.17, 15) is 9.59 Å². The van der Waals surface area contributed by atoms with Gasteiger partial charge in [-0.3, -0.25) is 9.59 Å². The maximum absolute atomic E-state index is 12.5. The third-order valence-corrected chi connectivity index (χ3v) is 5.94. The third kappa shape index (κ3) is 6.39. The molecule has 4 rings (SSSR count). The van der Waals surface area contributed by atoms with E-state index in [1.54, 1.807) is 11.1 Å². The summed E-state index contributed by atoms with van der Waals surface area (Å²) in [7, 11) is 0. The monoisotopic (exact) mass is 491 g/mol. The zero-order valence-corrected chi connectivity index (χ0v) is 20.1. The Morgan fingerprint density at radius 1 is 1.06 bits per heavy atom. The van der Waals surface area contributed by atoms with Crippen molar-refractivity contribution in [2.45, 2.75) is 20.0 Å². The van der Waals surface area contributed by atoms with Crippen LogP contribution in [-0.4, -0.2) is 31.2 Å². The molecule has 1 atom stereocenters. The van der Waals surface area contributed by atoms with Crippen molar-refractivity contribution in [2.75, 3.05) is 18.1 Å². The van der Waals surface area contributed by atoms with Crippen LogP contribution in [0.15, 0.2) is 77.9 Å². The summed E-state index contributed by atoms with van der Waals surface area (Å²) in [5, 5.41) is 4.71. The fraction of sp³-hybridized carbons (Fsp3) is 0.222. The Morgan fingerprint density at radius 2 is 1.74 bits per heavy atom. The molecule has 0 aliphatic carbocycles. The summed E-state index contributed by atoms with van der Waals surface area (Å²) in [5.74, 6) is 0.594. The van der Waals surface area contributed by atoms with E-state index in [4.69, 9.17) is 21.1 Å². The Kier molecular flexibility index (Phi) is 8.00. The Labute approximate surface area is 209 Å². The second kappa shape index (κ2) is 11.5. The smallest absolute Gasteiger partial charge is 0.245 e. The first kappa shape index (κ1) is 24.3. The zero-order valence-electron chi connectivity index (χ0n) is 19.3. The van der Waals surface area contributed by atoms with Gasteiger partial charge in [-0.05, 0) is 67.1 Å². The molecule has 0 spiro atoms. The Hall–Kier alpha value is -3.84. The number of anilines is 1. The first-order valence-corrected chi connectivity index (χ1v) is 11.7. The number of rotatable bonds is 9. The highest BCUT2D eigenvalue weighted by molar-refractivity contribution is 6.31. The maximum atomic E-state index is 12.5. The van der Waals surface area contributed by atoms with Crippen molar-refractivity contribution in [3.8, 4) is 11.5 Å². The highest BCUT2D eigenvalue weighted by atomic mass is 35.5. The average molecular weight is 492 g/mol. The van der Waals surface area contributed by atoms with Crippen molar-refractivity contribution >= 4 is 35.3 Å². The number of amides is 2. The van der Waals surface area contributed by atoms with Crippen LogP contribution in [-0.2, 0) is 16.2 Å². The van der Waals surface area contributed by atoms with E-state index in [0.29, 0.717) is 30.5 Å². The standard InChI is InChI=1S/C27H26ClN3O4/c1-2-34-23-13-9-22(10-14-23)31-17-21(15-26(31)32)27(33)30-29-16-19-7-11-24(12-8-19)35-18-20-5-3-4-6-25(20)28/h3-14,16,21H,2,15,17-18H2,1H3,(H,30,33)/b29-16-/t21-/m1/s1. The highest BCUT2D eigenvalue weighted by Crippen LogP contribution is 2.27. The number of benzene rings is 3. The summed E-state index contributed by atoms with van der Waals surface area (Å²) in [6.45, 7) is 3.17. The van der Waals surface area contributed by atoms with Gasteiger partial charge in [0, 0.05) is 29.2 Å². The number of hydrazone groups is 1. The fourth-order valence-electron chi connectivity index (χ4n) is 3.71. The van der Waals surface area contributed by atoms with Crippen molar-refractivity contribution < 1.29 is 19.1 Å². The predicted octanol–water partition coefficient (Wildman–Crippen LogP) is 4.82. The van der Waals surface area contributed by atoms with Gasteiger partial charge >= 0.3 is 0 Å². The van der Waals surface area contributed by atoms with Gasteiger partial charge in [0.1, 0.15) is 18.1 Å². The molecule has 2 amide bonds. The maximum Gasteiger partial charge on any atom is 0.245 e. The van der Waals surface area contributed by atoms with Crippen LogP contribution in [0.2, 0.25) is 5.02 Å². The second-order valence-corrected chi connectivity index (χ2v) is 8.42. The Bertz CT molecular complexity index is 1200. The summed E-state index contributed by atoms with van der Waals surface area (Å²) in [6.07, 6.45) is 1.70. The minimum Gasteiger partial charge on any atom is -0.494 e. The molecule has 35 heavy (non-hydrogen) atoms. The molecule has 180 valence electrons. The van der Waals surface area contributed by atoms with E-state index < -0.39 is 5.92 Å². The molecule has 0 bridgehead atoms. The van der Waals surface area contributed by atoms with Gasteiger partial charge < -0.3 is 14.4 Å². The molecular formula is C27H26ClN3O4. The molecule has 3 aromatic rings. The van der Waals surface area contributed by atoms with E-state index in [2.05, 4.69) is 10.5 Å². The van der Waals surface area contributed by atoms with Crippen LogP contribution in [0.3, 0.4) is 0 Å². The lowest BCUT2D eigenvalue weighted by Crippen LogP contribution is -2.30. The predicted molar refractivity (Wildman–Crippen MR) is 136 cm³/mol. The second-order valence-electron chi connectivity index (χ2n) is 8.02. The number of nitrogens with one attached hydrogen (secondary N) is 1. The Morgan fingerprint density at radius 3 is 2.46 bits per heavy atom. The van der Waals surface area contributed by atoms with Crippen LogP contribution in [0.5, 0.6) is 11.5 Å². The van der Waals surface area contributed by atoms with Crippen LogP contribution in [0.25, 0.3) is 0 Å². The molecule has 0 saturated carbocycles. The first-order valence-electron chi connectivity index (χ1n) is 11.4. The van der Waals surface area contributed by atoms with E-state index in [1.165, 1.54) is 0 Å². The topological polar surface area (TPSA) is 80.2 Å². The van der Waals surface area contributed by atoms with Gasteiger partial charge in [0.15, 0.2) is 0 Å². The van der Waals surface area contributed by atoms with Crippen LogP contribution < -0.4 is 19.8 Å². The molecule has 1 aliphatic rings. The van der Waals surface area contributed by atoms with Crippen LogP contribution >= 0.6 is 11.6 Å². The van der Waals surface area contributed by atoms with E-state index in [-0.39, 0.29) is 18.2 Å². The van der Waals surface area contributed by atoms with E-state index in [1.807, 2.05) is 79.7 Å². The first-order chi connectivity index (χ1) is 17.0. The number of ether oxygens (including phenoxy) is 2. The quantitative estimate of drug-likeness (QED) is 0.344. The summed E-state index contributed by atoms with van der Waals surface area (Å²) in [5.41, 5.74) is 5.00. The lowest BCUT2D eigenvalue weighted by atomic mass is 10.1. The van der Waals surface area contributed by atoms with Gasteiger partial charge in [-0.2, -0.15) is 5.10 Å². The van der Waals surface area contributed by atoms with Gasteiger partial charge in [-0.15, -0.1) is 0 Å². The normalized spacial score (nSPS) is 15.4. The molecule has 8 heteroatoms. The highest BCUT2D eigenvalue weighted by Gasteiger charge is 2.35. The van der Waals surface area contributed by atoms with Gasteiger partial charge in [0.25, 0.3) is 0 Å². The van der Waals surface area contributed by atoms with Crippen molar-refractivity contribution in [3.63, 3.8) is 0 Å². The van der Waals surface area contributed by atoms with Crippen LogP contribution in [0, 0.1) is 5.92 Å². The Balaban J connectivity index is 1.26. The third-order valence-electron chi connectivity index (χ3n) is 5.58. The minimum absolute atomic E-state index is 0.0920. The summed E-state index contributed by atoms with van der Waals surface area (Å²) < 4.78 is 11.2. The number of halogens is 1. The lowest BCUT2D eigenvalue weighted by Gasteiger charge is -2.17. The molecule has 0 unspecified atom stereocenters. The molecule has 1 N–H and O–H groups in total. The molecule has 1 saturated heterocycles. The molecule has 1 heterocycles. The number of carbonyl (C=O) groups excluding carboxylic acids is 2. The van der Waals surface area contributed by atoms with Crippen LogP contribution in [0.4, 0.5) is 5.69 Å². The largest absolute Gasteiger partial charge is 0.494 e. The van der Waals surface area contributed by atoms with E-state index in [0.717, 1.165) is 22.6 Å². The van der Waals surface area contributed by atoms with Gasteiger partial charge in [0.2, 0.25) is 11.8 Å². The molecule has 1 aliphatic heterocycles. The average Bonchev–Trinajstić information content (AvgIpc) is 3.26. The van der Waals surface area contributed by atoms with Gasteiger partial charge in [0.05, 0.1) is 18.7 Å². The van der Waals surface area contributed by atoms with Crippen molar-refractivity contribution in [2.24, 2.45) is 11.0 Å². The van der Waals surface area contributed by atoms with Gasteiger partial charge in [-0.1, -0.05) is 29.8 Å². The fourth-order valence-corrected chi connectivity index (χ4v) is 3.90. The molecule has 1 fully saturated rings. The minimum atomic E-state index is -0.466.